The van der Waals surface area contributed by atoms with Crippen molar-refractivity contribution in [3.8, 4) is 17.6 Å². The Balaban J connectivity index is 1.90. The number of ether oxygens (including phenoxy) is 1. The van der Waals surface area contributed by atoms with Gasteiger partial charge in [-0.2, -0.15) is 10.4 Å². The number of fused-ring (bicyclic) bond motifs is 4. The number of amides is 1. The summed E-state index contributed by atoms with van der Waals surface area (Å²) in [5.74, 6) is -0.0646. The lowest BCUT2D eigenvalue weighted by Gasteiger charge is -2.32. The number of rotatable bonds is 2. The topological polar surface area (TPSA) is 106 Å². The van der Waals surface area contributed by atoms with Gasteiger partial charge in [-0.1, -0.05) is 43.3 Å². The van der Waals surface area contributed by atoms with Gasteiger partial charge in [-0.3, -0.25) is 4.79 Å². The Bertz CT molecular complexity index is 1280. The molecule has 3 heterocycles. The Labute approximate surface area is 173 Å². The monoisotopic (exact) mass is 397 g/mol. The Morgan fingerprint density at radius 2 is 2.00 bits per heavy atom. The van der Waals surface area contributed by atoms with Gasteiger partial charge in [-0.05, 0) is 31.0 Å². The Kier molecular flexibility index (Phi) is 3.74. The van der Waals surface area contributed by atoms with Crippen molar-refractivity contribution in [3.05, 3.63) is 82.4 Å². The van der Waals surface area contributed by atoms with Crippen LogP contribution in [-0.2, 0) is 16.6 Å². The highest BCUT2D eigenvalue weighted by Crippen LogP contribution is 2.55. The summed E-state index contributed by atoms with van der Waals surface area (Å²) in [6.07, 6.45) is 0.742. The van der Waals surface area contributed by atoms with Gasteiger partial charge in [0.05, 0.1) is 16.9 Å². The molecule has 0 radical (unpaired) electrons. The van der Waals surface area contributed by atoms with Crippen LogP contribution in [0.3, 0.4) is 0 Å². The molecule has 1 spiro atoms. The minimum absolute atomic E-state index is 0.0789. The van der Waals surface area contributed by atoms with Crippen LogP contribution in [0.25, 0.3) is 5.69 Å². The first-order chi connectivity index (χ1) is 14.5. The van der Waals surface area contributed by atoms with E-state index in [-0.39, 0.29) is 17.4 Å². The van der Waals surface area contributed by atoms with E-state index < -0.39 is 5.41 Å². The lowest BCUT2D eigenvalue weighted by molar-refractivity contribution is -0.118. The van der Waals surface area contributed by atoms with Gasteiger partial charge in [0.15, 0.2) is 0 Å². The number of carbonyl (C=O) groups excluding carboxylic acids is 1. The molecule has 7 heteroatoms. The largest absolute Gasteiger partial charge is 0.422 e. The summed E-state index contributed by atoms with van der Waals surface area (Å²) in [7, 11) is 0. The molecule has 2 aliphatic heterocycles. The van der Waals surface area contributed by atoms with Crippen molar-refractivity contribution < 1.29 is 9.53 Å². The first kappa shape index (κ1) is 18.0. The van der Waals surface area contributed by atoms with Crippen LogP contribution >= 0.6 is 0 Å². The quantitative estimate of drug-likeness (QED) is 0.691. The second kappa shape index (κ2) is 6.22. The minimum atomic E-state index is -1.40. The fourth-order valence-electron chi connectivity index (χ4n) is 4.56. The van der Waals surface area contributed by atoms with E-state index in [9.17, 15) is 10.1 Å². The maximum Gasteiger partial charge on any atom is 0.245 e. The number of carbonyl (C=O) groups is 1. The smallest absolute Gasteiger partial charge is 0.245 e. The fraction of sp³-hybridized carbons (Fsp3) is 0.174. The number of aryl methyl sites for hydroxylation is 2. The van der Waals surface area contributed by atoms with E-state index in [4.69, 9.17) is 10.5 Å². The number of nitrogens with one attached hydrogen (secondary N) is 1. The zero-order valence-corrected chi connectivity index (χ0v) is 16.6. The molecular weight excluding hydrogens is 378 g/mol. The summed E-state index contributed by atoms with van der Waals surface area (Å²) in [6.45, 7) is 3.84. The third-order valence-electron chi connectivity index (χ3n) is 5.85. The molecular formula is C23H19N5O2. The van der Waals surface area contributed by atoms with Crippen molar-refractivity contribution in [2.75, 3.05) is 5.32 Å². The molecule has 2 aliphatic rings. The minimum Gasteiger partial charge on any atom is -0.422 e. The van der Waals surface area contributed by atoms with Crippen LogP contribution in [0.5, 0.6) is 5.88 Å². The molecule has 1 amide bonds. The molecule has 2 aromatic carbocycles. The molecule has 7 nitrogen and oxygen atoms in total. The molecule has 0 saturated heterocycles. The number of hydrogen-bond acceptors (Lipinski definition) is 5. The van der Waals surface area contributed by atoms with Crippen LogP contribution in [0.15, 0.2) is 60.0 Å². The summed E-state index contributed by atoms with van der Waals surface area (Å²) < 4.78 is 7.53. The van der Waals surface area contributed by atoms with E-state index >= 15 is 0 Å². The summed E-state index contributed by atoms with van der Waals surface area (Å²) in [6, 6.07) is 17.3. The number of aromatic nitrogens is 2. The molecule has 0 fully saturated rings. The van der Waals surface area contributed by atoms with Crippen molar-refractivity contribution in [1.82, 2.24) is 9.78 Å². The molecule has 0 bridgehead atoms. The predicted octanol–water partition coefficient (Wildman–Crippen LogP) is 3.07. The summed E-state index contributed by atoms with van der Waals surface area (Å²) in [4.78, 5) is 13.6. The first-order valence-corrected chi connectivity index (χ1v) is 9.71. The maximum absolute atomic E-state index is 13.6. The number of nitriles is 1. The number of nitrogens with zero attached hydrogens (tertiary/aromatic N) is 3. The van der Waals surface area contributed by atoms with E-state index in [0.717, 1.165) is 23.4 Å². The molecule has 1 aromatic heterocycles. The molecule has 3 aromatic rings. The zero-order chi connectivity index (χ0) is 21.0. The van der Waals surface area contributed by atoms with Crippen LogP contribution in [-0.4, -0.2) is 15.7 Å². The van der Waals surface area contributed by atoms with Gasteiger partial charge in [0.2, 0.25) is 17.7 Å². The van der Waals surface area contributed by atoms with Gasteiger partial charge in [0, 0.05) is 11.3 Å². The van der Waals surface area contributed by atoms with Gasteiger partial charge < -0.3 is 15.8 Å². The standard InChI is InChI=1S/C23H19N5O2/c1-3-14-8-7-11-16-19(14)26-22(29)23(16)17(12-24)20(25)30-21-18(23)13(2)27-28(21)15-9-5-4-6-10-15/h4-11H,3,25H2,1-2H3,(H,26,29)/t23-/m1/s1. The van der Waals surface area contributed by atoms with E-state index in [1.807, 2.05) is 62.4 Å². The Morgan fingerprint density at radius 3 is 2.70 bits per heavy atom. The molecule has 148 valence electrons. The summed E-state index contributed by atoms with van der Waals surface area (Å²) in [5.41, 5.74) is 9.23. The van der Waals surface area contributed by atoms with Gasteiger partial charge in [0.25, 0.3) is 0 Å². The van der Waals surface area contributed by atoms with Crippen LogP contribution in [0.4, 0.5) is 5.69 Å². The number of para-hydroxylation sites is 2. The van der Waals surface area contributed by atoms with Crippen LogP contribution in [0, 0.1) is 18.3 Å². The molecule has 3 N–H and O–H groups in total. The second-order valence-electron chi connectivity index (χ2n) is 7.36. The Hall–Kier alpha value is -4.05. The maximum atomic E-state index is 13.6. The lowest BCUT2D eigenvalue weighted by Crippen LogP contribution is -2.42. The molecule has 0 unspecified atom stereocenters. The summed E-state index contributed by atoms with van der Waals surface area (Å²) in [5, 5.41) is 17.7. The number of hydrogen-bond donors (Lipinski definition) is 2. The predicted molar refractivity (Wildman–Crippen MR) is 111 cm³/mol. The third kappa shape index (κ3) is 2.08. The molecule has 30 heavy (non-hydrogen) atoms. The highest BCUT2D eigenvalue weighted by atomic mass is 16.5. The lowest BCUT2D eigenvalue weighted by atomic mass is 9.69. The van der Waals surface area contributed by atoms with E-state index in [1.54, 1.807) is 4.68 Å². The molecule has 5 rings (SSSR count). The van der Waals surface area contributed by atoms with E-state index in [1.165, 1.54) is 0 Å². The van der Waals surface area contributed by atoms with Gasteiger partial charge in [0.1, 0.15) is 17.1 Å². The van der Waals surface area contributed by atoms with Crippen LogP contribution in [0.2, 0.25) is 0 Å². The van der Waals surface area contributed by atoms with Crippen LogP contribution in [0.1, 0.15) is 29.3 Å². The van der Waals surface area contributed by atoms with Gasteiger partial charge in [-0.25, -0.2) is 4.68 Å². The molecule has 0 aliphatic carbocycles. The highest BCUT2D eigenvalue weighted by Gasteiger charge is 2.59. The van der Waals surface area contributed by atoms with Crippen molar-refractivity contribution in [1.29, 1.82) is 5.26 Å². The Morgan fingerprint density at radius 1 is 1.23 bits per heavy atom. The third-order valence-corrected chi connectivity index (χ3v) is 5.85. The number of nitrogens with two attached hydrogens (primary N) is 1. The SMILES string of the molecule is CCc1cccc2c1NC(=O)[C@@]21C(C#N)=C(N)Oc2c1c(C)nn2-c1ccccc1. The second-order valence-corrected chi connectivity index (χ2v) is 7.36. The molecule has 0 saturated carbocycles. The van der Waals surface area contributed by atoms with Crippen molar-refractivity contribution >= 4 is 11.6 Å². The van der Waals surface area contributed by atoms with Gasteiger partial charge >= 0.3 is 0 Å². The van der Waals surface area contributed by atoms with Gasteiger partial charge in [-0.15, -0.1) is 0 Å². The van der Waals surface area contributed by atoms with E-state index in [0.29, 0.717) is 22.7 Å². The number of benzene rings is 2. The average Bonchev–Trinajstić information content (AvgIpc) is 3.23. The van der Waals surface area contributed by atoms with E-state index in [2.05, 4.69) is 16.5 Å². The summed E-state index contributed by atoms with van der Waals surface area (Å²) >= 11 is 0. The zero-order valence-electron chi connectivity index (χ0n) is 16.6. The normalized spacial score (nSPS) is 19.2. The van der Waals surface area contributed by atoms with Crippen molar-refractivity contribution in [2.24, 2.45) is 5.73 Å². The number of anilines is 1. The first-order valence-electron chi connectivity index (χ1n) is 9.71. The van der Waals surface area contributed by atoms with Crippen molar-refractivity contribution in [3.63, 3.8) is 0 Å². The fourth-order valence-corrected chi connectivity index (χ4v) is 4.56. The van der Waals surface area contributed by atoms with Crippen LogP contribution < -0.4 is 15.8 Å². The highest BCUT2D eigenvalue weighted by molar-refractivity contribution is 6.13. The average molecular weight is 397 g/mol. The molecule has 1 atom stereocenters. The van der Waals surface area contributed by atoms with Crippen molar-refractivity contribution in [2.45, 2.75) is 25.7 Å².